The molecular formula is C75H77ClN2OS. The van der Waals surface area contributed by atoms with Crippen LogP contribution in [0, 0.1) is 6.92 Å². The first kappa shape index (κ1) is 52.8. The van der Waals surface area contributed by atoms with Crippen molar-refractivity contribution in [1.29, 1.82) is 0 Å². The summed E-state index contributed by atoms with van der Waals surface area (Å²) >= 11 is 10.2. The zero-order valence-corrected chi connectivity index (χ0v) is 51.5. The molecular weight excluding hydrogens is 1010 g/mol. The van der Waals surface area contributed by atoms with E-state index in [1.807, 2.05) is 0 Å². The van der Waals surface area contributed by atoms with Gasteiger partial charge in [0.2, 0.25) is 0 Å². The molecule has 3 aliphatic carbocycles. The van der Waals surface area contributed by atoms with Gasteiger partial charge in [-0.2, -0.15) is 0 Å². The van der Waals surface area contributed by atoms with Crippen molar-refractivity contribution in [3.05, 3.63) is 223 Å². The average Bonchev–Trinajstić information content (AvgIpc) is 1.61. The van der Waals surface area contributed by atoms with Crippen LogP contribution in [0.25, 0.3) is 32.0 Å². The molecule has 0 unspecified atom stereocenters. The quantitative estimate of drug-likeness (QED) is 0.165. The van der Waals surface area contributed by atoms with Gasteiger partial charge in [0.15, 0.2) is 5.58 Å². The van der Waals surface area contributed by atoms with Crippen LogP contribution in [0.3, 0.4) is 0 Å². The van der Waals surface area contributed by atoms with Crippen LogP contribution < -0.4 is 9.80 Å². The Morgan fingerprint density at radius 1 is 0.438 bits per heavy atom. The molecule has 5 heteroatoms. The number of aryl methyl sites for hydroxylation is 1. The highest BCUT2D eigenvalue weighted by molar-refractivity contribution is 7.17. The van der Waals surface area contributed by atoms with Crippen molar-refractivity contribution in [2.75, 3.05) is 9.80 Å². The lowest BCUT2D eigenvalue weighted by atomic mass is 9.55. The van der Waals surface area contributed by atoms with E-state index in [9.17, 15) is 0 Å². The highest BCUT2D eigenvalue weighted by Gasteiger charge is 2.48. The molecule has 0 bridgehead atoms. The second-order valence-electron chi connectivity index (χ2n) is 28.3. The Labute approximate surface area is 484 Å². The first-order chi connectivity index (χ1) is 37.6. The number of rotatable bonds is 6. The summed E-state index contributed by atoms with van der Waals surface area (Å²) in [4.78, 5) is 4.87. The predicted molar refractivity (Wildman–Crippen MR) is 344 cm³/mol. The van der Waals surface area contributed by atoms with Crippen LogP contribution in [0.15, 0.2) is 155 Å². The van der Waals surface area contributed by atoms with Gasteiger partial charge in [-0.1, -0.05) is 200 Å². The number of para-hydroxylation sites is 2. The molecule has 0 saturated carbocycles. The van der Waals surface area contributed by atoms with E-state index in [0.29, 0.717) is 5.02 Å². The van der Waals surface area contributed by atoms with Crippen molar-refractivity contribution in [2.24, 2.45) is 0 Å². The minimum atomic E-state index is -0.363. The molecule has 3 nitrogen and oxygen atoms in total. The second kappa shape index (κ2) is 17.5. The lowest BCUT2D eigenvalue weighted by molar-refractivity contribution is 0.332. The highest BCUT2D eigenvalue weighted by atomic mass is 35.5. The van der Waals surface area contributed by atoms with Crippen LogP contribution in [0.2, 0.25) is 5.02 Å². The number of furan rings is 1. The minimum absolute atomic E-state index is 0.000841. The lowest BCUT2D eigenvalue weighted by Gasteiger charge is -2.49. The number of anilines is 6. The van der Waals surface area contributed by atoms with E-state index in [4.69, 9.17) is 16.0 Å². The Morgan fingerprint density at radius 3 is 1.52 bits per heavy atom. The van der Waals surface area contributed by atoms with Gasteiger partial charge in [-0.25, -0.2) is 0 Å². The Bertz CT molecular complexity index is 4220. The summed E-state index contributed by atoms with van der Waals surface area (Å²) in [6, 6.07) is 55.5. The number of halogens is 1. The normalized spacial score (nSPS) is 17.8. The van der Waals surface area contributed by atoms with Crippen molar-refractivity contribution >= 4 is 89.1 Å². The van der Waals surface area contributed by atoms with Gasteiger partial charge in [-0.3, -0.25) is 0 Å². The van der Waals surface area contributed by atoms with E-state index in [0.717, 1.165) is 74.5 Å². The van der Waals surface area contributed by atoms with Gasteiger partial charge in [0.05, 0.1) is 27.8 Å². The number of hydrogen-bond acceptors (Lipinski definition) is 4. The molecule has 0 aliphatic heterocycles. The number of fused-ring (bicyclic) bond motifs is 9. The molecule has 3 aliphatic rings. The van der Waals surface area contributed by atoms with Crippen molar-refractivity contribution in [3.63, 3.8) is 0 Å². The van der Waals surface area contributed by atoms with Crippen molar-refractivity contribution in [2.45, 2.75) is 162 Å². The first-order valence-electron chi connectivity index (χ1n) is 29.0. The molecule has 0 spiro atoms. The third-order valence-electron chi connectivity index (χ3n) is 19.8. The zero-order chi connectivity index (χ0) is 56.6. The van der Waals surface area contributed by atoms with Crippen LogP contribution >= 0.6 is 22.9 Å². The number of thiophene rings is 1. The van der Waals surface area contributed by atoms with Crippen LogP contribution in [0.1, 0.15) is 183 Å². The average molecular weight is 1090 g/mol. The fourth-order valence-corrected chi connectivity index (χ4v) is 15.9. The van der Waals surface area contributed by atoms with Gasteiger partial charge in [0, 0.05) is 59.3 Å². The molecule has 8 aromatic carbocycles. The monoisotopic (exact) mass is 1090 g/mol. The van der Waals surface area contributed by atoms with E-state index < -0.39 is 0 Å². The van der Waals surface area contributed by atoms with Gasteiger partial charge >= 0.3 is 0 Å². The van der Waals surface area contributed by atoms with E-state index in [-0.39, 0.29) is 37.9 Å². The fraction of sp³-hybridized carbons (Fsp3) is 0.333. The van der Waals surface area contributed by atoms with Crippen molar-refractivity contribution < 1.29 is 4.42 Å². The topological polar surface area (TPSA) is 19.6 Å². The smallest absolute Gasteiger partial charge is 0.159 e. The maximum absolute atomic E-state index is 8.42. The molecule has 0 radical (unpaired) electrons. The summed E-state index contributed by atoms with van der Waals surface area (Å²) in [5.41, 5.74) is 23.1. The van der Waals surface area contributed by atoms with Crippen LogP contribution in [0.4, 0.5) is 34.1 Å². The predicted octanol–water partition coefficient (Wildman–Crippen LogP) is 22.3. The first-order valence-corrected chi connectivity index (χ1v) is 30.3. The summed E-state index contributed by atoms with van der Waals surface area (Å²) in [5, 5.41) is 6.38. The lowest BCUT2D eigenvalue weighted by Crippen LogP contribution is -2.41. The zero-order valence-electron chi connectivity index (χ0n) is 49.9. The maximum atomic E-state index is 8.42. The molecule has 2 heterocycles. The Hall–Kier alpha value is -6.59. The SMILES string of the molecule is Cc1cc(N(c2ccc3c(c2)C(C)(C)CCC3(C)C)c2csc3ccc(C(C)(C)C)cc23)c(Cl)c(N(c2ccc3c(c2)C(C)(C)c2cc4c(cc2C3(C)C)C(C)(C)c2ccccc2C4(C)C)c2cccc3c2oc2ccccc23)c1. The number of hydrogen-bond donors (Lipinski definition) is 0. The van der Waals surface area contributed by atoms with Gasteiger partial charge < -0.3 is 14.2 Å². The van der Waals surface area contributed by atoms with Gasteiger partial charge in [-0.05, 0) is 163 Å². The van der Waals surface area contributed by atoms with E-state index in [2.05, 4.69) is 272 Å². The third kappa shape index (κ3) is 7.70. The molecule has 13 rings (SSSR count). The van der Waals surface area contributed by atoms with Gasteiger partial charge in [-0.15, -0.1) is 11.3 Å². The van der Waals surface area contributed by atoms with E-state index in [1.54, 1.807) is 11.3 Å². The highest BCUT2D eigenvalue weighted by Crippen LogP contribution is 2.59. The molecule has 0 saturated heterocycles. The summed E-state index contributed by atoms with van der Waals surface area (Å²) < 4.78 is 8.26. The summed E-state index contributed by atoms with van der Waals surface area (Å²) in [6.45, 7) is 38.3. The molecule has 2 aromatic heterocycles. The Morgan fingerprint density at radius 2 is 0.925 bits per heavy atom. The fourth-order valence-electron chi connectivity index (χ4n) is 14.7. The molecule has 406 valence electrons. The summed E-state index contributed by atoms with van der Waals surface area (Å²) in [6.07, 6.45) is 2.27. The number of benzene rings is 8. The summed E-state index contributed by atoms with van der Waals surface area (Å²) in [7, 11) is 0. The largest absolute Gasteiger partial charge is 0.454 e. The molecule has 0 N–H and O–H groups in total. The second-order valence-corrected chi connectivity index (χ2v) is 29.6. The van der Waals surface area contributed by atoms with Crippen molar-refractivity contribution in [3.8, 4) is 0 Å². The van der Waals surface area contributed by atoms with Crippen LogP contribution in [0.5, 0.6) is 0 Å². The Kier molecular flexibility index (Phi) is 11.5. The molecule has 0 amide bonds. The third-order valence-corrected chi connectivity index (χ3v) is 21.1. The molecule has 80 heavy (non-hydrogen) atoms. The van der Waals surface area contributed by atoms with Crippen LogP contribution in [-0.4, -0.2) is 0 Å². The Balaban J connectivity index is 1.06. The standard InChI is InChI=1S/C75H77ClN2OS/c1-44-36-62(67(76)63(37-44)78(64-43-80-66-33-28-45(38-50(64)66)69(2,3)4)46-29-31-51-55(39-46)71(7,8)35-34-70(51,5)6)77(61-26-21-23-49-48-22-17-20-27-65(48)79-68(49)61)47-30-32-54-56(40-47)75(15,16)60-42-58-57(41-59(60)74(54,13)14)72(9,10)52-24-18-19-25-53(52)73(58,11)12/h17-33,36-43H,34-35H2,1-16H3. The maximum Gasteiger partial charge on any atom is 0.159 e. The number of nitrogens with zero attached hydrogens (tertiary/aromatic N) is 2. The molecule has 10 aromatic rings. The minimum Gasteiger partial charge on any atom is -0.454 e. The summed E-state index contributed by atoms with van der Waals surface area (Å²) in [5.74, 6) is 0. The van der Waals surface area contributed by atoms with Crippen molar-refractivity contribution in [1.82, 2.24) is 0 Å². The van der Waals surface area contributed by atoms with Gasteiger partial charge in [0.1, 0.15) is 5.58 Å². The molecule has 0 fully saturated rings. The van der Waals surface area contributed by atoms with Gasteiger partial charge in [0.25, 0.3) is 0 Å². The van der Waals surface area contributed by atoms with Crippen LogP contribution in [-0.2, 0) is 37.9 Å². The molecule has 0 atom stereocenters. The van der Waals surface area contributed by atoms with E-state index in [1.165, 1.54) is 71.3 Å². The van der Waals surface area contributed by atoms with E-state index >= 15 is 0 Å².